The average molecular weight is 527 g/mol. The molecule has 0 nitrogen and oxygen atoms in total. The molecule has 0 aliphatic carbocycles. The van der Waals surface area contributed by atoms with Gasteiger partial charge in [0.15, 0.2) is 0 Å². The lowest BCUT2D eigenvalue weighted by Crippen LogP contribution is -2.03. The molecule has 0 aliphatic heterocycles. The van der Waals surface area contributed by atoms with E-state index in [1.54, 1.807) is 0 Å². The van der Waals surface area contributed by atoms with E-state index < -0.39 is 0 Å². The first-order valence-electron chi connectivity index (χ1n) is 13.1. The Balaban J connectivity index is 3.11. The summed E-state index contributed by atoms with van der Waals surface area (Å²) < 4.78 is 0. The van der Waals surface area contributed by atoms with Crippen LogP contribution in [0.4, 0.5) is 0 Å². The molecule has 0 N–H and O–H groups in total. The molecule has 0 saturated carbocycles. The Kier molecular flexibility index (Phi) is 23.6. The second-order valence-electron chi connectivity index (χ2n) is 8.94. The molecule has 172 valence electrons. The predicted octanol–water partition coefficient (Wildman–Crippen LogP) is 11.0. The van der Waals surface area contributed by atoms with Crippen molar-refractivity contribution in [2.24, 2.45) is 0 Å². The van der Waals surface area contributed by atoms with Crippen molar-refractivity contribution >= 4 is 28.4 Å². The molecule has 0 rings (SSSR count). The highest BCUT2D eigenvalue weighted by Gasteiger charge is 2.14. The molecule has 0 bridgehead atoms. The molecule has 0 fully saturated rings. The van der Waals surface area contributed by atoms with Gasteiger partial charge in [-0.2, -0.15) is 7.20 Å². The fraction of sp³-hybridized carbons (Fsp3) is 1.00. The molecule has 0 amide bonds. The van der Waals surface area contributed by atoms with Crippen LogP contribution in [-0.2, 0) is 0 Å². The molecule has 0 unspecified atom stereocenters. The number of hydrogen-bond donors (Lipinski definition) is 0. The van der Waals surface area contributed by atoms with E-state index in [2.05, 4.69) is 42.0 Å². The summed E-state index contributed by atoms with van der Waals surface area (Å²) >= 11 is 2.79. The molecule has 0 aliphatic rings. The van der Waals surface area contributed by atoms with E-state index in [4.69, 9.17) is 0 Å². The molecular weight excluding hydrogens is 471 g/mol. The van der Waals surface area contributed by atoms with Crippen LogP contribution in [0.5, 0.6) is 0 Å². The summed E-state index contributed by atoms with van der Waals surface area (Å²) in [5.74, 6) is 4.35. The second-order valence-corrected chi connectivity index (χ2v) is 18.0. The zero-order chi connectivity index (χ0) is 20.8. The van der Waals surface area contributed by atoms with Gasteiger partial charge in [0.25, 0.3) is 0 Å². The van der Waals surface area contributed by atoms with Gasteiger partial charge < -0.3 is 0 Å². The maximum atomic E-state index is 2.79. The van der Waals surface area contributed by atoms with Gasteiger partial charge in [0, 0.05) is 0 Å². The minimum Gasteiger partial charge on any atom is -0.188 e. The highest BCUT2D eigenvalue weighted by molar-refractivity contribution is 14.2. The van der Waals surface area contributed by atoms with E-state index in [-0.39, 0.29) is 7.20 Å². The van der Waals surface area contributed by atoms with Gasteiger partial charge in [-0.3, -0.25) is 0 Å². The first-order chi connectivity index (χ1) is 13.7. The minimum atomic E-state index is -0.269. The van der Waals surface area contributed by atoms with Crippen LogP contribution < -0.4 is 0 Å². The summed E-state index contributed by atoms with van der Waals surface area (Å²) in [5.41, 5.74) is 0. The zero-order valence-electron chi connectivity index (χ0n) is 20.0. The Bertz CT molecular complexity index is 288. The van der Waals surface area contributed by atoms with Gasteiger partial charge in [-0.1, -0.05) is 143 Å². The summed E-state index contributed by atoms with van der Waals surface area (Å²) in [6, 6.07) is 0. The molecular formula is C26H55IS. The van der Waals surface area contributed by atoms with Gasteiger partial charge in [0.2, 0.25) is 0 Å². The molecule has 28 heavy (non-hydrogen) atoms. The van der Waals surface area contributed by atoms with Crippen molar-refractivity contribution in [1.29, 1.82) is 0 Å². The summed E-state index contributed by atoms with van der Waals surface area (Å²) in [4.78, 5) is 0. The maximum Gasteiger partial charge on any atom is -0.0144 e. The van der Waals surface area contributed by atoms with Gasteiger partial charge >= 0.3 is 0 Å². The van der Waals surface area contributed by atoms with Crippen molar-refractivity contribution in [3.8, 4) is 0 Å². The van der Waals surface area contributed by atoms with Gasteiger partial charge in [0.1, 0.15) is 0 Å². The van der Waals surface area contributed by atoms with Crippen LogP contribution in [0.3, 0.4) is 0 Å². The van der Waals surface area contributed by atoms with E-state index in [1.807, 2.05) is 0 Å². The van der Waals surface area contributed by atoms with Crippen LogP contribution in [0.2, 0.25) is 0 Å². The first-order valence-corrected chi connectivity index (χ1v) is 17.8. The maximum absolute atomic E-state index is 2.79. The smallest absolute Gasteiger partial charge is 0.0144 e. The number of rotatable bonds is 23. The van der Waals surface area contributed by atoms with Crippen LogP contribution in [0.15, 0.2) is 0 Å². The topological polar surface area (TPSA) is 0 Å². The van der Waals surface area contributed by atoms with Crippen LogP contribution in [0.1, 0.15) is 149 Å². The van der Waals surface area contributed by atoms with Crippen molar-refractivity contribution in [2.45, 2.75) is 149 Å². The third-order valence-electron chi connectivity index (χ3n) is 6.40. The molecule has 0 aromatic carbocycles. The van der Waals surface area contributed by atoms with E-state index in [1.165, 1.54) is 146 Å². The quantitative estimate of drug-likeness (QED) is 0.0917. The molecule has 0 heterocycles. The first kappa shape index (κ1) is 29.1. The number of hydrogen-bond acceptors (Lipinski definition) is 0. The summed E-state index contributed by atoms with van der Waals surface area (Å²) in [6.07, 6.45) is 29.6. The largest absolute Gasteiger partial charge is 0.188 e. The van der Waals surface area contributed by atoms with Crippen molar-refractivity contribution in [1.82, 2.24) is 0 Å². The highest BCUT2D eigenvalue weighted by atomic mass is 127. The molecule has 0 aromatic heterocycles. The van der Waals surface area contributed by atoms with Crippen LogP contribution in [-0.4, -0.2) is 17.3 Å². The van der Waals surface area contributed by atoms with Gasteiger partial charge in [-0.25, -0.2) is 0 Å². The standard InChI is InChI=1S/C26H55IS/c1-4-7-8-9-10-11-12-13-14-15-16-17-18-19-20-21-22-23-24-25-26-28(27,5-2)6-3/h4-26H2,1-3H3. The Hall–Kier alpha value is 1.08. The molecule has 0 saturated heterocycles. The van der Waals surface area contributed by atoms with Crippen molar-refractivity contribution in [3.05, 3.63) is 0 Å². The number of halogens is 1. The molecule has 0 atom stereocenters. The fourth-order valence-corrected chi connectivity index (χ4v) is 6.75. The van der Waals surface area contributed by atoms with Crippen molar-refractivity contribution in [2.75, 3.05) is 17.3 Å². The van der Waals surface area contributed by atoms with Crippen LogP contribution in [0, 0.1) is 0 Å². The van der Waals surface area contributed by atoms with Gasteiger partial charge in [0.05, 0.1) is 0 Å². The molecule has 0 radical (unpaired) electrons. The zero-order valence-corrected chi connectivity index (χ0v) is 23.0. The average Bonchev–Trinajstić information content (AvgIpc) is 2.72. The van der Waals surface area contributed by atoms with E-state index in [0.29, 0.717) is 0 Å². The third kappa shape index (κ3) is 20.4. The summed E-state index contributed by atoms with van der Waals surface area (Å²) in [7, 11) is -0.269. The molecule has 0 spiro atoms. The number of unbranched alkanes of at least 4 members (excludes halogenated alkanes) is 19. The van der Waals surface area contributed by atoms with Gasteiger partial charge in [-0.15, -0.1) is 0 Å². The molecule has 2 heteroatoms. The SMILES string of the molecule is CCCCCCCCCCCCCCCCCCCCCCS(I)(CC)CC. The van der Waals surface area contributed by atoms with Gasteiger partial charge in [-0.05, 0) is 44.9 Å². The third-order valence-corrected chi connectivity index (χ3v) is 14.5. The van der Waals surface area contributed by atoms with E-state index >= 15 is 0 Å². The molecule has 0 aromatic rings. The Labute approximate surface area is 194 Å². The minimum absolute atomic E-state index is 0.269. The lowest BCUT2D eigenvalue weighted by Gasteiger charge is -2.30. The van der Waals surface area contributed by atoms with E-state index in [0.717, 1.165) is 0 Å². The predicted molar refractivity (Wildman–Crippen MR) is 146 cm³/mol. The van der Waals surface area contributed by atoms with Crippen molar-refractivity contribution in [3.63, 3.8) is 0 Å². The highest BCUT2D eigenvalue weighted by Crippen LogP contribution is 2.56. The lowest BCUT2D eigenvalue weighted by molar-refractivity contribution is 0.523. The van der Waals surface area contributed by atoms with E-state index in [9.17, 15) is 0 Å². The fourth-order valence-electron chi connectivity index (χ4n) is 4.11. The van der Waals surface area contributed by atoms with Crippen molar-refractivity contribution < 1.29 is 0 Å². The second kappa shape index (κ2) is 22.8. The Morgan fingerprint density at radius 3 is 0.893 bits per heavy atom. The lowest BCUT2D eigenvalue weighted by atomic mass is 10.0. The normalized spacial score (nSPS) is 12.6. The summed E-state index contributed by atoms with van der Waals surface area (Å²) in [5, 5.41) is 0. The van der Waals surface area contributed by atoms with Crippen LogP contribution in [0.25, 0.3) is 0 Å². The monoisotopic (exact) mass is 526 g/mol. The summed E-state index contributed by atoms with van der Waals surface area (Å²) in [6.45, 7) is 7.09. The Morgan fingerprint density at radius 1 is 0.393 bits per heavy atom. The van der Waals surface area contributed by atoms with Crippen LogP contribution >= 0.6 is 28.4 Å². The Morgan fingerprint density at radius 2 is 0.643 bits per heavy atom.